The van der Waals surface area contributed by atoms with Crippen LogP contribution >= 0.6 is 0 Å². The topological polar surface area (TPSA) is 89.9 Å². The van der Waals surface area contributed by atoms with Crippen molar-refractivity contribution < 1.29 is 19.8 Å². The maximum absolute atomic E-state index is 11.6. The lowest BCUT2D eigenvalue weighted by molar-refractivity contribution is -0.139. The Labute approximate surface area is 94.2 Å². The van der Waals surface area contributed by atoms with Gasteiger partial charge in [0.05, 0.1) is 12.1 Å². The molecule has 1 fully saturated rings. The summed E-state index contributed by atoms with van der Waals surface area (Å²) in [5.74, 6) is -1.04. The van der Waals surface area contributed by atoms with Crippen molar-refractivity contribution in [3.05, 3.63) is 0 Å². The molecule has 0 aromatic heterocycles. The Balaban J connectivity index is 2.50. The molecule has 0 aromatic carbocycles. The number of carbonyl (C=O) groups is 2. The average molecular weight is 230 g/mol. The molecular formula is C10H18N2O4. The number of likely N-dealkylation sites (tertiary alicyclic amines) is 1. The first-order chi connectivity index (χ1) is 7.35. The summed E-state index contributed by atoms with van der Waals surface area (Å²) in [6.07, 6.45) is 0.857. The van der Waals surface area contributed by atoms with Crippen LogP contribution in [0, 0.1) is 0 Å². The highest BCUT2D eigenvalue weighted by atomic mass is 16.4. The van der Waals surface area contributed by atoms with E-state index in [2.05, 4.69) is 5.32 Å². The minimum atomic E-state index is -1.04. The molecule has 0 aromatic rings. The van der Waals surface area contributed by atoms with Gasteiger partial charge in [0.2, 0.25) is 0 Å². The first-order valence-corrected chi connectivity index (χ1v) is 5.36. The van der Waals surface area contributed by atoms with Gasteiger partial charge < -0.3 is 20.4 Å². The molecule has 92 valence electrons. The fraction of sp³-hybridized carbons (Fsp3) is 0.800. The molecule has 16 heavy (non-hydrogen) atoms. The molecule has 2 amide bonds. The third kappa shape index (κ3) is 3.10. The van der Waals surface area contributed by atoms with E-state index in [0.717, 1.165) is 0 Å². The fourth-order valence-electron chi connectivity index (χ4n) is 1.70. The molecule has 1 heterocycles. The van der Waals surface area contributed by atoms with E-state index < -0.39 is 23.6 Å². The van der Waals surface area contributed by atoms with Crippen molar-refractivity contribution in [3.63, 3.8) is 0 Å². The van der Waals surface area contributed by atoms with Crippen molar-refractivity contribution in [2.75, 3.05) is 13.1 Å². The van der Waals surface area contributed by atoms with Crippen LogP contribution in [-0.2, 0) is 4.79 Å². The third-order valence-electron chi connectivity index (χ3n) is 2.74. The van der Waals surface area contributed by atoms with Gasteiger partial charge in [-0.1, -0.05) is 6.92 Å². The van der Waals surface area contributed by atoms with Gasteiger partial charge in [0.25, 0.3) is 0 Å². The number of hydrogen-bond donors (Lipinski definition) is 3. The second kappa shape index (κ2) is 4.69. The quantitative estimate of drug-likeness (QED) is 0.637. The largest absolute Gasteiger partial charge is 0.480 e. The Kier molecular flexibility index (Phi) is 3.74. The van der Waals surface area contributed by atoms with E-state index in [1.807, 2.05) is 0 Å². The predicted molar refractivity (Wildman–Crippen MR) is 57.1 cm³/mol. The molecule has 1 rings (SSSR count). The Morgan fingerprint density at radius 2 is 2.19 bits per heavy atom. The van der Waals surface area contributed by atoms with E-state index in [9.17, 15) is 14.7 Å². The summed E-state index contributed by atoms with van der Waals surface area (Å²) in [5.41, 5.74) is -0.859. The number of β-amino-alcohol motifs (C(OH)–C–C–N with tert-alkyl or cyclic N) is 1. The van der Waals surface area contributed by atoms with Crippen LogP contribution in [0.2, 0.25) is 0 Å². The second-order valence-electron chi connectivity index (χ2n) is 4.42. The molecule has 1 saturated heterocycles. The molecule has 0 bridgehead atoms. The van der Waals surface area contributed by atoms with Crippen molar-refractivity contribution in [3.8, 4) is 0 Å². The summed E-state index contributed by atoms with van der Waals surface area (Å²) in [6, 6.07) is -1.29. The van der Waals surface area contributed by atoms with Crippen molar-refractivity contribution in [1.82, 2.24) is 10.2 Å². The monoisotopic (exact) mass is 230 g/mol. The van der Waals surface area contributed by atoms with Crippen LogP contribution in [0.4, 0.5) is 4.79 Å². The lowest BCUT2D eigenvalue weighted by Crippen LogP contribution is -2.47. The van der Waals surface area contributed by atoms with Gasteiger partial charge in [-0.3, -0.25) is 0 Å². The van der Waals surface area contributed by atoms with E-state index >= 15 is 0 Å². The number of carbonyl (C=O) groups excluding carboxylic acids is 1. The van der Waals surface area contributed by atoms with Gasteiger partial charge in [0.1, 0.15) is 6.04 Å². The van der Waals surface area contributed by atoms with Gasteiger partial charge in [-0.15, -0.1) is 0 Å². The smallest absolute Gasteiger partial charge is 0.326 e. The number of nitrogens with zero attached hydrogens (tertiary/aromatic N) is 1. The number of amides is 2. The molecule has 0 spiro atoms. The highest BCUT2D eigenvalue weighted by Crippen LogP contribution is 2.20. The van der Waals surface area contributed by atoms with Crippen molar-refractivity contribution in [2.45, 2.75) is 38.3 Å². The molecule has 3 N–H and O–H groups in total. The Morgan fingerprint density at radius 1 is 1.56 bits per heavy atom. The summed E-state index contributed by atoms with van der Waals surface area (Å²) in [4.78, 5) is 23.8. The average Bonchev–Trinajstić information content (AvgIpc) is 2.54. The van der Waals surface area contributed by atoms with E-state index in [1.165, 1.54) is 4.90 Å². The predicted octanol–water partition coefficient (Wildman–Crippen LogP) is 0.0159. The summed E-state index contributed by atoms with van der Waals surface area (Å²) in [6.45, 7) is 4.05. The Morgan fingerprint density at radius 3 is 2.56 bits per heavy atom. The number of hydrogen-bond acceptors (Lipinski definition) is 3. The lowest BCUT2D eigenvalue weighted by Gasteiger charge is -2.21. The zero-order valence-corrected chi connectivity index (χ0v) is 9.56. The summed E-state index contributed by atoms with van der Waals surface area (Å²) in [7, 11) is 0. The minimum absolute atomic E-state index is 0.245. The molecule has 1 aliphatic heterocycles. The van der Waals surface area contributed by atoms with E-state index in [0.29, 0.717) is 19.4 Å². The van der Waals surface area contributed by atoms with Crippen molar-refractivity contribution in [1.29, 1.82) is 0 Å². The second-order valence-corrected chi connectivity index (χ2v) is 4.42. The molecule has 1 unspecified atom stereocenters. The van der Waals surface area contributed by atoms with Gasteiger partial charge in [0.15, 0.2) is 0 Å². The van der Waals surface area contributed by atoms with E-state index in [1.54, 1.807) is 13.8 Å². The highest BCUT2D eigenvalue weighted by Gasteiger charge is 2.34. The summed E-state index contributed by atoms with van der Waals surface area (Å²) < 4.78 is 0. The molecule has 6 nitrogen and oxygen atoms in total. The number of aliphatic carboxylic acids is 1. The maximum Gasteiger partial charge on any atom is 0.326 e. The summed E-state index contributed by atoms with van der Waals surface area (Å²) >= 11 is 0. The van der Waals surface area contributed by atoms with Crippen LogP contribution in [0.3, 0.4) is 0 Å². The first-order valence-electron chi connectivity index (χ1n) is 5.36. The third-order valence-corrected chi connectivity index (χ3v) is 2.74. The van der Waals surface area contributed by atoms with E-state index in [-0.39, 0.29) is 6.54 Å². The number of urea groups is 1. The van der Waals surface area contributed by atoms with E-state index in [4.69, 9.17) is 5.11 Å². The fourth-order valence-corrected chi connectivity index (χ4v) is 1.70. The Hall–Kier alpha value is -1.30. The van der Waals surface area contributed by atoms with Crippen LogP contribution in [0.5, 0.6) is 0 Å². The molecule has 0 aliphatic carbocycles. The zero-order valence-electron chi connectivity index (χ0n) is 9.56. The molecule has 1 aliphatic rings. The van der Waals surface area contributed by atoms with Crippen molar-refractivity contribution >= 4 is 12.0 Å². The zero-order chi connectivity index (χ0) is 12.3. The summed E-state index contributed by atoms with van der Waals surface area (Å²) in [5, 5.41) is 20.9. The van der Waals surface area contributed by atoms with Crippen LogP contribution in [-0.4, -0.2) is 51.8 Å². The number of nitrogens with one attached hydrogen (secondary N) is 1. The van der Waals surface area contributed by atoms with Crippen LogP contribution in [0.25, 0.3) is 0 Å². The van der Waals surface area contributed by atoms with Gasteiger partial charge in [-0.25, -0.2) is 9.59 Å². The van der Waals surface area contributed by atoms with Gasteiger partial charge in [-0.2, -0.15) is 0 Å². The van der Waals surface area contributed by atoms with Gasteiger partial charge in [0, 0.05) is 6.54 Å². The number of carboxylic acids is 1. The van der Waals surface area contributed by atoms with Crippen molar-refractivity contribution in [2.24, 2.45) is 0 Å². The lowest BCUT2D eigenvalue weighted by atomic mass is 10.1. The van der Waals surface area contributed by atoms with Crippen LogP contribution in [0.1, 0.15) is 26.7 Å². The standard InChI is InChI=1S/C10H18N2O4/c1-3-7(8(13)14)11-9(15)12-5-4-10(2,16)6-12/h7,16H,3-6H2,1-2H3,(H,11,15)(H,13,14)/t7-,10?/m0/s1. The molecule has 6 heteroatoms. The molecule has 0 saturated carbocycles. The Bertz CT molecular complexity index is 291. The minimum Gasteiger partial charge on any atom is -0.480 e. The first kappa shape index (κ1) is 12.8. The number of carboxylic acid groups (broad SMARTS) is 1. The van der Waals surface area contributed by atoms with Crippen LogP contribution in [0.15, 0.2) is 0 Å². The molecule has 2 atom stereocenters. The maximum atomic E-state index is 11.6. The molecule has 0 radical (unpaired) electrons. The number of aliphatic hydroxyl groups is 1. The number of rotatable bonds is 3. The van der Waals surface area contributed by atoms with Crippen LogP contribution < -0.4 is 5.32 Å². The van der Waals surface area contributed by atoms with Gasteiger partial charge >= 0.3 is 12.0 Å². The SMILES string of the molecule is CC[C@H](NC(=O)N1CCC(C)(O)C1)C(=O)O. The normalized spacial score (nSPS) is 26.6. The molecular weight excluding hydrogens is 212 g/mol. The van der Waals surface area contributed by atoms with Gasteiger partial charge in [-0.05, 0) is 19.8 Å². The highest BCUT2D eigenvalue weighted by molar-refractivity contribution is 5.82.